The molecule has 0 heterocycles. The minimum absolute atomic E-state index is 0.215. The van der Waals surface area contributed by atoms with Crippen LogP contribution in [0.2, 0.25) is 5.02 Å². The van der Waals surface area contributed by atoms with E-state index in [1.54, 1.807) is 6.07 Å². The number of ether oxygens (including phenoxy) is 1. The van der Waals surface area contributed by atoms with Gasteiger partial charge in [-0.05, 0) is 55.2 Å². The summed E-state index contributed by atoms with van der Waals surface area (Å²) in [6, 6.07) is 13.2. The molecule has 2 amide bonds. The molecule has 0 saturated carbocycles. The number of benzene rings is 2. The van der Waals surface area contributed by atoms with Crippen LogP contribution in [0.15, 0.2) is 46.9 Å². The van der Waals surface area contributed by atoms with Gasteiger partial charge in [-0.3, -0.25) is 0 Å². The highest BCUT2D eigenvalue weighted by Gasteiger charge is 2.04. The van der Waals surface area contributed by atoms with Gasteiger partial charge in [0.05, 0.1) is 11.6 Å². The van der Waals surface area contributed by atoms with E-state index in [1.165, 1.54) is 18.4 Å². The molecule has 0 saturated heterocycles. The molecule has 0 unspecified atom stereocenters. The van der Waals surface area contributed by atoms with E-state index in [1.807, 2.05) is 24.3 Å². The van der Waals surface area contributed by atoms with Gasteiger partial charge in [-0.1, -0.05) is 53.0 Å². The van der Waals surface area contributed by atoms with Gasteiger partial charge < -0.3 is 15.4 Å². The molecular weight excluding hydrogens is 416 g/mol. The number of aryl methyl sites for hydroxylation is 1. The van der Waals surface area contributed by atoms with Gasteiger partial charge in [0, 0.05) is 16.7 Å². The SMILES string of the molecule is CCCCc1ccc(NC(=O)NCCCOc2ccc(Br)cc2Cl)cc1. The Labute approximate surface area is 168 Å². The van der Waals surface area contributed by atoms with Crippen LogP contribution in [-0.4, -0.2) is 19.2 Å². The Hall–Kier alpha value is -1.72. The molecule has 0 radical (unpaired) electrons. The van der Waals surface area contributed by atoms with Crippen LogP contribution in [-0.2, 0) is 6.42 Å². The lowest BCUT2D eigenvalue weighted by Crippen LogP contribution is -2.30. The van der Waals surface area contributed by atoms with Crippen molar-refractivity contribution in [2.24, 2.45) is 0 Å². The predicted molar refractivity (Wildman–Crippen MR) is 111 cm³/mol. The van der Waals surface area contributed by atoms with Gasteiger partial charge in [-0.15, -0.1) is 0 Å². The molecule has 0 atom stereocenters. The quantitative estimate of drug-likeness (QED) is 0.468. The molecular formula is C20H24BrClN2O2. The molecule has 0 fully saturated rings. The number of anilines is 1. The summed E-state index contributed by atoms with van der Waals surface area (Å²) in [5.41, 5.74) is 2.09. The number of amides is 2. The summed E-state index contributed by atoms with van der Waals surface area (Å²) >= 11 is 9.44. The number of carbonyl (C=O) groups is 1. The van der Waals surface area contributed by atoms with Crippen molar-refractivity contribution < 1.29 is 9.53 Å². The van der Waals surface area contributed by atoms with Crippen LogP contribution in [0, 0.1) is 0 Å². The van der Waals surface area contributed by atoms with Crippen LogP contribution in [0.25, 0.3) is 0 Å². The van der Waals surface area contributed by atoms with Crippen molar-refractivity contribution >= 4 is 39.2 Å². The predicted octanol–water partition coefficient (Wildman–Crippen LogP) is 6.04. The zero-order chi connectivity index (χ0) is 18.8. The standard InChI is InChI=1S/C20H24BrClN2O2/c1-2-3-5-15-6-9-17(10-7-15)24-20(25)23-12-4-13-26-19-11-8-16(21)14-18(19)22/h6-11,14H,2-5,12-13H2,1H3,(H2,23,24,25). The number of hydrogen-bond donors (Lipinski definition) is 2. The van der Waals surface area contributed by atoms with Crippen molar-refractivity contribution in [1.82, 2.24) is 5.32 Å². The molecule has 140 valence electrons. The third-order valence-electron chi connectivity index (χ3n) is 3.79. The zero-order valence-electron chi connectivity index (χ0n) is 14.9. The topological polar surface area (TPSA) is 50.4 Å². The Bertz CT molecular complexity index is 707. The fraction of sp³-hybridized carbons (Fsp3) is 0.350. The average molecular weight is 440 g/mol. The number of hydrogen-bond acceptors (Lipinski definition) is 2. The summed E-state index contributed by atoms with van der Waals surface area (Å²) in [7, 11) is 0. The minimum Gasteiger partial charge on any atom is -0.492 e. The third kappa shape index (κ3) is 7.26. The second-order valence-corrected chi connectivity index (χ2v) is 7.28. The van der Waals surface area contributed by atoms with Crippen molar-refractivity contribution in [2.75, 3.05) is 18.5 Å². The highest BCUT2D eigenvalue weighted by Crippen LogP contribution is 2.27. The van der Waals surface area contributed by atoms with Gasteiger partial charge >= 0.3 is 6.03 Å². The van der Waals surface area contributed by atoms with Crippen LogP contribution in [0.4, 0.5) is 10.5 Å². The monoisotopic (exact) mass is 438 g/mol. The number of unbranched alkanes of at least 4 members (excludes halogenated alkanes) is 1. The molecule has 2 aromatic carbocycles. The first-order valence-corrected chi connectivity index (χ1v) is 9.97. The second-order valence-electron chi connectivity index (χ2n) is 5.96. The molecule has 0 spiro atoms. The highest BCUT2D eigenvalue weighted by atomic mass is 79.9. The zero-order valence-corrected chi connectivity index (χ0v) is 17.2. The molecule has 4 nitrogen and oxygen atoms in total. The maximum atomic E-state index is 11.9. The van der Waals surface area contributed by atoms with Gasteiger partial charge in [0.25, 0.3) is 0 Å². The number of rotatable bonds is 9. The van der Waals surface area contributed by atoms with E-state index in [9.17, 15) is 4.79 Å². The van der Waals surface area contributed by atoms with Crippen LogP contribution >= 0.6 is 27.5 Å². The Balaban J connectivity index is 1.64. The first kappa shape index (κ1) is 20.6. The Morgan fingerprint density at radius 2 is 1.92 bits per heavy atom. The lowest BCUT2D eigenvalue weighted by Gasteiger charge is -2.10. The molecule has 0 aromatic heterocycles. The molecule has 0 bridgehead atoms. The normalized spacial score (nSPS) is 10.4. The van der Waals surface area contributed by atoms with Crippen molar-refractivity contribution in [3.8, 4) is 5.75 Å². The molecule has 0 aliphatic heterocycles. The number of nitrogens with one attached hydrogen (secondary N) is 2. The molecule has 2 rings (SSSR count). The molecule has 0 aliphatic rings. The van der Waals surface area contributed by atoms with E-state index in [-0.39, 0.29) is 6.03 Å². The smallest absolute Gasteiger partial charge is 0.319 e. The van der Waals surface area contributed by atoms with Gasteiger partial charge in [0.1, 0.15) is 5.75 Å². The van der Waals surface area contributed by atoms with Gasteiger partial charge in [-0.25, -0.2) is 4.79 Å². The van der Waals surface area contributed by atoms with Gasteiger partial charge in [-0.2, -0.15) is 0 Å². The Kier molecular flexibility index (Phi) is 8.78. The first-order valence-electron chi connectivity index (χ1n) is 8.80. The van der Waals surface area contributed by atoms with Crippen molar-refractivity contribution in [3.05, 3.63) is 57.5 Å². The minimum atomic E-state index is -0.215. The van der Waals surface area contributed by atoms with Crippen LogP contribution < -0.4 is 15.4 Å². The lowest BCUT2D eigenvalue weighted by molar-refractivity contribution is 0.250. The number of carbonyl (C=O) groups excluding carboxylic acids is 1. The Morgan fingerprint density at radius 3 is 2.62 bits per heavy atom. The fourth-order valence-corrected chi connectivity index (χ4v) is 3.09. The molecule has 2 N–H and O–H groups in total. The third-order valence-corrected chi connectivity index (χ3v) is 4.58. The van der Waals surface area contributed by atoms with E-state index in [0.29, 0.717) is 30.3 Å². The summed E-state index contributed by atoms with van der Waals surface area (Å²) < 4.78 is 6.52. The molecule has 0 aliphatic carbocycles. The maximum absolute atomic E-state index is 11.9. The Morgan fingerprint density at radius 1 is 1.15 bits per heavy atom. The highest BCUT2D eigenvalue weighted by molar-refractivity contribution is 9.10. The van der Waals surface area contributed by atoms with Crippen LogP contribution in [0.5, 0.6) is 5.75 Å². The van der Waals surface area contributed by atoms with E-state index in [0.717, 1.165) is 16.6 Å². The largest absolute Gasteiger partial charge is 0.492 e. The van der Waals surface area contributed by atoms with Gasteiger partial charge in [0.15, 0.2) is 0 Å². The van der Waals surface area contributed by atoms with E-state index >= 15 is 0 Å². The summed E-state index contributed by atoms with van der Waals surface area (Å²) in [5, 5.41) is 6.21. The number of urea groups is 1. The summed E-state index contributed by atoms with van der Waals surface area (Å²) in [4.78, 5) is 11.9. The van der Waals surface area contributed by atoms with E-state index in [2.05, 4.69) is 45.6 Å². The molecule has 6 heteroatoms. The van der Waals surface area contributed by atoms with Crippen LogP contribution in [0.1, 0.15) is 31.7 Å². The summed E-state index contributed by atoms with van der Waals surface area (Å²) in [6.07, 6.45) is 4.13. The van der Waals surface area contributed by atoms with E-state index < -0.39 is 0 Å². The fourth-order valence-electron chi connectivity index (χ4n) is 2.36. The first-order chi connectivity index (χ1) is 12.6. The summed E-state index contributed by atoms with van der Waals surface area (Å²) in [5.74, 6) is 0.641. The van der Waals surface area contributed by atoms with E-state index in [4.69, 9.17) is 16.3 Å². The van der Waals surface area contributed by atoms with Crippen molar-refractivity contribution in [1.29, 1.82) is 0 Å². The van der Waals surface area contributed by atoms with Crippen LogP contribution in [0.3, 0.4) is 0 Å². The molecule has 26 heavy (non-hydrogen) atoms. The number of halogens is 2. The average Bonchev–Trinajstić information content (AvgIpc) is 2.62. The second kappa shape index (κ2) is 11.1. The lowest BCUT2D eigenvalue weighted by atomic mass is 10.1. The van der Waals surface area contributed by atoms with Crippen molar-refractivity contribution in [2.45, 2.75) is 32.6 Å². The summed E-state index contributed by atoms with van der Waals surface area (Å²) in [6.45, 7) is 3.18. The van der Waals surface area contributed by atoms with Crippen molar-refractivity contribution in [3.63, 3.8) is 0 Å². The van der Waals surface area contributed by atoms with Gasteiger partial charge in [0.2, 0.25) is 0 Å². The maximum Gasteiger partial charge on any atom is 0.319 e. The molecule has 2 aromatic rings.